The van der Waals surface area contributed by atoms with E-state index < -0.39 is 0 Å². The number of allylic oxidation sites excluding steroid dienone is 1. The molecule has 0 amide bonds. The van der Waals surface area contributed by atoms with Crippen molar-refractivity contribution in [2.75, 3.05) is 0 Å². The van der Waals surface area contributed by atoms with E-state index in [1.807, 2.05) is 30.3 Å². The molecular weight excluding hydrogens is 263 g/mol. The molecule has 0 aliphatic heterocycles. The minimum absolute atomic E-state index is 0.00386. The molecule has 0 saturated heterocycles. The molecule has 3 aromatic carbocycles. The number of ketones is 1. The van der Waals surface area contributed by atoms with Gasteiger partial charge < -0.3 is 3.79 Å². The normalized spacial score (nSPS) is 13.1. The first kappa shape index (κ1) is 11.7. The summed E-state index contributed by atoms with van der Waals surface area (Å²) >= 11 is 2.22. The molecule has 2 nitrogen and oxygen atoms in total. The van der Waals surface area contributed by atoms with Gasteiger partial charge in [-0.3, -0.25) is 4.79 Å². The maximum absolute atomic E-state index is 12.2. The molecule has 0 spiro atoms. The van der Waals surface area contributed by atoms with Crippen molar-refractivity contribution in [3.8, 4) is 5.75 Å². The number of benzene rings is 3. The highest BCUT2D eigenvalue weighted by molar-refractivity contribution is 6.26. The van der Waals surface area contributed by atoms with E-state index in [4.69, 9.17) is 3.79 Å². The van der Waals surface area contributed by atoms with Crippen LogP contribution in [0.25, 0.3) is 27.6 Å². The molecule has 3 heteroatoms. The smallest absolute Gasteiger partial charge is 0.482 e. The van der Waals surface area contributed by atoms with Crippen LogP contribution in [-0.4, -0.2) is 22.4 Å². The van der Waals surface area contributed by atoms with Gasteiger partial charge in [0.15, 0.2) is 5.78 Å². The van der Waals surface area contributed by atoms with Gasteiger partial charge in [-0.05, 0) is 39.9 Å². The minimum Gasteiger partial charge on any atom is -0.653 e. The van der Waals surface area contributed by atoms with E-state index in [1.54, 1.807) is 6.08 Å². The Kier molecular flexibility index (Phi) is 2.47. The van der Waals surface area contributed by atoms with Crippen molar-refractivity contribution in [3.63, 3.8) is 0 Å². The molecule has 20 heavy (non-hydrogen) atoms. The van der Waals surface area contributed by atoms with E-state index in [0.29, 0.717) is 11.3 Å². The molecule has 3 aromatic rings. The van der Waals surface area contributed by atoms with Crippen LogP contribution in [0.5, 0.6) is 5.75 Å². The Morgan fingerprint density at radius 2 is 1.80 bits per heavy atom. The van der Waals surface area contributed by atoms with Crippen molar-refractivity contribution < 1.29 is 8.58 Å². The Hall–Kier alpha value is -2.08. The molecule has 1 aliphatic carbocycles. The van der Waals surface area contributed by atoms with E-state index >= 15 is 0 Å². The van der Waals surface area contributed by atoms with Crippen molar-refractivity contribution in [1.29, 1.82) is 0 Å². The first-order valence-corrected chi connectivity index (χ1v) is 6.84. The lowest BCUT2D eigenvalue weighted by Gasteiger charge is -2.18. The van der Waals surface area contributed by atoms with E-state index in [9.17, 15) is 4.79 Å². The summed E-state index contributed by atoms with van der Waals surface area (Å²) in [5.74, 6) is 0.601. The third-order valence-electron chi connectivity index (χ3n) is 3.81. The van der Waals surface area contributed by atoms with E-state index in [-0.39, 0.29) is 5.78 Å². The first-order valence-electron chi connectivity index (χ1n) is 6.37. The highest BCUT2D eigenvalue weighted by atomic mass is 27.1. The Morgan fingerprint density at radius 3 is 2.65 bits per heavy atom. The fourth-order valence-electron chi connectivity index (χ4n) is 2.94. The average molecular weight is 272 g/mol. The van der Waals surface area contributed by atoms with Gasteiger partial charge in [-0.15, -0.1) is 0 Å². The molecule has 0 heterocycles. The summed E-state index contributed by atoms with van der Waals surface area (Å²) in [5.41, 5.74) is 1.72. The van der Waals surface area contributed by atoms with Gasteiger partial charge in [-0.25, -0.2) is 0 Å². The quantitative estimate of drug-likeness (QED) is 0.499. The van der Waals surface area contributed by atoms with Crippen molar-refractivity contribution in [2.24, 2.45) is 0 Å². The van der Waals surface area contributed by atoms with Crippen LogP contribution in [0.3, 0.4) is 0 Å². The van der Waals surface area contributed by atoms with Gasteiger partial charge in [0.25, 0.3) is 0 Å². The third-order valence-corrected chi connectivity index (χ3v) is 4.06. The third kappa shape index (κ3) is 1.48. The molecule has 0 unspecified atom stereocenters. The molecule has 2 radical (unpaired) electrons. The Bertz CT molecular complexity index is 910. The summed E-state index contributed by atoms with van der Waals surface area (Å²) in [5, 5.41) is 4.41. The van der Waals surface area contributed by atoms with Crippen molar-refractivity contribution >= 4 is 50.0 Å². The standard InChI is InChI=1S/C17H10O2.Al/c18-14-7-5-11-9-10-3-1-2-4-12(10)13-6-8-15(19)17(14)16(11)13;/h1-9,19H;/q;+1/p-1. The average Bonchev–Trinajstić information content (AvgIpc) is 2.50. The van der Waals surface area contributed by atoms with Gasteiger partial charge in [-0.2, -0.15) is 0 Å². The number of carbonyl (C=O) groups excluding carboxylic acids is 1. The molecule has 0 aromatic heterocycles. The summed E-state index contributed by atoms with van der Waals surface area (Å²) < 4.78 is 5.28. The topological polar surface area (TPSA) is 26.3 Å². The number of fused-ring (bicyclic) bond motifs is 2. The summed E-state index contributed by atoms with van der Waals surface area (Å²) in [6.45, 7) is 0. The van der Waals surface area contributed by atoms with Crippen LogP contribution in [0.2, 0.25) is 0 Å². The monoisotopic (exact) mass is 272 g/mol. The zero-order valence-corrected chi connectivity index (χ0v) is 11.7. The Morgan fingerprint density at radius 1 is 0.950 bits per heavy atom. The largest absolute Gasteiger partial charge is 0.653 e. The highest BCUT2D eigenvalue weighted by Gasteiger charge is 2.20. The van der Waals surface area contributed by atoms with Crippen molar-refractivity contribution in [2.45, 2.75) is 0 Å². The zero-order chi connectivity index (χ0) is 13.7. The van der Waals surface area contributed by atoms with Crippen molar-refractivity contribution in [1.82, 2.24) is 0 Å². The van der Waals surface area contributed by atoms with Gasteiger partial charge >= 0.3 is 16.6 Å². The number of hydrogen-bond acceptors (Lipinski definition) is 2. The predicted molar refractivity (Wildman–Crippen MR) is 81.2 cm³/mol. The molecule has 0 fully saturated rings. The van der Waals surface area contributed by atoms with Crippen LogP contribution in [0.1, 0.15) is 15.9 Å². The predicted octanol–water partition coefficient (Wildman–Crippen LogP) is 3.66. The SMILES string of the molecule is O=C1C=Cc2cc3ccccc3c3ccc([O][Al])c1c23. The van der Waals surface area contributed by atoms with Gasteiger partial charge in [0, 0.05) is 5.39 Å². The summed E-state index contributed by atoms with van der Waals surface area (Å²) in [6, 6.07) is 14.2. The van der Waals surface area contributed by atoms with Crippen LogP contribution in [0.15, 0.2) is 48.5 Å². The summed E-state index contributed by atoms with van der Waals surface area (Å²) in [4.78, 5) is 12.2. The minimum atomic E-state index is -0.00386. The second kappa shape index (κ2) is 4.21. The number of rotatable bonds is 1. The fourth-order valence-corrected chi connectivity index (χ4v) is 3.14. The van der Waals surface area contributed by atoms with Gasteiger partial charge in [0.2, 0.25) is 0 Å². The Labute approximate surface area is 124 Å². The van der Waals surface area contributed by atoms with Gasteiger partial charge in [0.05, 0.1) is 11.3 Å². The van der Waals surface area contributed by atoms with Crippen molar-refractivity contribution in [3.05, 3.63) is 59.7 Å². The molecule has 1 aliphatic rings. The molecule has 0 atom stereocenters. The van der Waals surface area contributed by atoms with Crippen LogP contribution < -0.4 is 3.79 Å². The van der Waals surface area contributed by atoms with Crippen LogP contribution in [-0.2, 0) is 0 Å². The van der Waals surface area contributed by atoms with Crippen LogP contribution >= 0.6 is 0 Å². The molecule has 4 rings (SSSR count). The van der Waals surface area contributed by atoms with E-state index in [0.717, 1.165) is 21.7 Å². The maximum atomic E-state index is 12.2. The lowest BCUT2D eigenvalue weighted by molar-refractivity contribution is 0.104. The second-order valence-corrected chi connectivity index (χ2v) is 5.10. The molecule has 0 bridgehead atoms. The fraction of sp³-hybridized carbons (Fsp3) is 0. The van der Waals surface area contributed by atoms with E-state index in [2.05, 4.69) is 34.8 Å². The molecule has 92 valence electrons. The van der Waals surface area contributed by atoms with Crippen LogP contribution in [0.4, 0.5) is 0 Å². The highest BCUT2D eigenvalue weighted by Crippen LogP contribution is 2.38. The molecular formula is C17H9AlO2. The maximum Gasteiger partial charge on any atom is 0.482 e. The number of hydrogen-bond donors (Lipinski definition) is 0. The summed E-state index contributed by atoms with van der Waals surface area (Å²) in [7, 11) is 0. The number of carbonyl (C=O) groups is 1. The summed E-state index contributed by atoms with van der Waals surface area (Å²) in [6.07, 6.45) is 3.50. The van der Waals surface area contributed by atoms with Gasteiger partial charge in [0.1, 0.15) is 0 Å². The van der Waals surface area contributed by atoms with Gasteiger partial charge in [-0.1, -0.05) is 36.4 Å². The molecule has 0 N–H and O–H groups in total. The second-order valence-electron chi connectivity index (χ2n) is 4.86. The first-order chi connectivity index (χ1) is 9.79. The lowest BCUT2D eigenvalue weighted by atomic mass is 9.88. The zero-order valence-electron chi connectivity index (χ0n) is 10.6. The van der Waals surface area contributed by atoms with Crippen LogP contribution in [0, 0.1) is 0 Å². The van der Waals surface area contributed by atoms with E-state index in [1.165, 1.54) is 5.39 Å². The lowest BCUT2D eigenvalue weighted by Crippen LogP contribution is -2.05. The molecule has 0 saturated carbocycles. The Balaban J connectivity index is 2.30.